The number of hydrogen-bond donors (Lipinski definition) is 0. The maximum absolute atomic E-state index is 2.46. The number of aryl methyl sites for hydroxylation is 2. The molecule has 3 aliphatic rings. The zero-order valence-corrected chi connectivity index (χ0v) is 47.7. The molecule has 0 N–H and O–H groups in total. The van der Waals surface area contributed by atoms with E-state index in [1.807, 2.05) is 27.7 Å². The highest BCUT2D eigenvalue weighted by atomic mass is 15.1. The SMILES string of the molecule is C1=CC1.CC.CC.Cc1cc(-c2cc3c4ccccc4n(-c4ccccc4)c3c3ccccc23)ccc1-c1cc(N(c2ccc(-c3ccccc3)cc2)c2ccc3c(c2)-c2ccccc2C32c3ccccc3-c3ccccc32)ccc1C. The topological polar surface area (TPSA) is 8.17 Å². The summed E-state index contributed by atoms with van der Waals surface area (Å²) in [7, 11) is 0. The third-order valence-electron chi connectivity index (χ3n) is 16.7. The van der Waals surface area contributed by atoms with Crippen LogP contribution < -0.4 is 4.90 Å². The van der Waals surface area contributed by atoms with Crippen LogP contribution in [0.3, 0.4) is 0 Å². The number of nitrogens with zero attached hydrogens (tertiary/aromatic N) is 2. The van der Waals surface area contributed by atoms with Gasteiger partial charge in [0.05, 0.1) is 16.4 Å². The van der Waals surface area contributed by atoms with Crippen LogP contribution in [0, 0.1) is 13.8 Å². The minimum Gasteiger partial charge on any atom is -0.310 e. The fourth-order valence-electron chi connectivity index (χ4n) is 13.2. The molecule has 3 aliphatic carbocycles. The Morgan fingerprint density at radius 2 is 0.793 bits per heavy atom. The molecule has 0 aliphatic heterocycles. The fourth-order valence-corrected chi connectivity index (χ4v) is 13.2. The summed E-state index contributed by atoms with van der Waals surface area (Å²) in [5.41, 5.74) is 26.9. The largest absolute Gasteiger partial charge is 0.310 e. The Hall–Kier alpha value is -9.76. The molecule has 396 valence electrons. The van der Waals surface area contributed by atoms with E-state index in [1.54, 1.807) is 0 Å². The molecule has 0 radical (unpaired) electrons. The molecule has 0 fully saturated rings. The van der Waals surface area contributed by atoms with Gasteiger partial charge in [-0.2, -0.15) is 0 Å². The Labute approximate surface area is 483 Å². The number of allylic oxidation sites excluding steroid dienone is 2. The number of fused-ring (bicyclic) bond motifs is 15. The van der Waals surface area contributed by atoms with Crippen molar-refractivity contribution >= 4 is 49.6 Å². The molecule has 1 aromatic heterocycles. The molecule has 0 saturated carbocycles. The predicted molar refractivity (Wildman–Crippen MR) is 352 cm³/mol. The second-order valence-electron chi connectivity index (χ2n) is 21.2. The number of hydrogen-bond acceptors (Lipinski definition) is 1. The minimum atomic E-state index is -0.403. The van der Waals surface area contributed by atoms with Gasteiger partial charge in [-0.1, -0.05) is 246 Å². The van der Waals surface area contributed by atoms with Crippen molar-refractivity contribution in [3.63, 3.8) is 0 Å². The Morgan fingerprint density at radius 3 is 1.41 bits per heavy atom. The summed E-state index contributed by atoms with van der Waals surface area (Å²) in [6, 6.07) is 99.3. The third-order valence-corrected chi connectivity index (χ3v) is 16.7. The summed E-state index contributed by atoms with van der Waals surface area (Å²) >= 11 is 0. The first-order valence-electron chi connectivity index (χ1n) is 29.3. The van der Waals surface area contributed by atoms with Crippen LogP contribution in [-0.4, -0.2) is 4.57 Å². The van der Waals surface area contributed by atoms with Gasteiger partial charge >= 0.3 is 0 Å². The summed E-state index contributed by atoms with van der Waals surface area (Å²) in [5.74, 6) is 0. The van der Waals surface area contributed by atoms with Crippen molar-refractivity contribution in [3.8, 4) is 61.3 Å². The van der Waals surface area contributed by atoms with E-state index < -0.39 is 5.41 Å². The van der Waals surface area contributed by atoms with Gasteiger partial charge in [-0.15, -0.1) is 0 Å². The van der Waals surface area contributed by atoms with E-state index >= 15 is 0 Å². The molecule has 16 rings (SSSR count). The van der Waals surface area contributed by atoms with Crippen molar-refractivity contribution in [2.24, 2.45) is 0 Å². The molecule has 12 aromatic carbocycles. The van der Waals surface area contributed by atoms with Crippen LogP contribution in [0.2, 0.25) is 0 Å². The first kappa shape index (κ1) is 51.7. The lowest BCUT2D eigenvalue weighted by molar-refractivity contribution is 0.794. The molecule has 1 heterocycles. The highest BCUT2D eigenvalue weighted by molar-refractivity contribution is 6.22. The van der Waals surface area contributed by atoms with E-state index in [9.17, 15) is 0 Å². The summed E-state index contributed by atoms with van der Waals surface area (Å²) in [5, 5.41) is 5.00. The molecule has 2 heteroatoms. The van der Waals surface area contributed by atoms with Crippen LogP contribution in [0.1, 0.15) is 67.5 Å². The van der Waals surface area contributed by atoms with Crippen LogP contribution in [0.4, 0.5) is 17.1 Å². The van der Waals surface area contributed by atoms with E-state index in [1.165, 1.54) is 134 Å². The number of anilines is 3. The van der Waals surface area contributed by atoms with Crippen LogP contribution in [0.25, 0.3) is 93.9 Å². The van der Waals surface area contributed by atoms with Gasteiger partial charge in [-0.3, -0.25) is 0 Å². The Bertz CT molecular complexity index is 4490. The van der Waals surface area contributed by atoms with Gasteiger partial charge < -0.3 is 9.47 Å². The van der Waals surface area contributed by atoms with E-state index in [4.69, 9.17) is 0 Å². The Kier molecular flexibility index (Phi) is 13.7. The van der Waals surface area contributed by atoms with Crippen molar-refractivity contribution < 1.29 is 0 Å². The van der Waals surface area contributed by atoms with Crippen molar-refractivity contribution in [1.29, 1.82) is 0 Å². The molecule has 13 aromatic rings. The predicted octanol–water partition coefficient (Wildman–Crippen LogP) is 22.4. The average Bonchev–Trinajstić information content (AvgIpc) is 2.64. The van der Waals surface area contributed by atoms with Crippen LogP contribution >= 0.6 is 0 Å². The zero-order chi connectivity index (χ0) is 55.9. The fraction of sp³-hybridized carbons (Fsp3) is 0.100. The molecule has 2 nitrogen and oxygen atoms in total. The first-order valence-corrected chi connectivity index (χ1v) is 29.3. The summed E-state index contributed by atoms with van der Waals surface area (Å²) in [6.45, 7) is 12.5. The second kappa shape index (κ2) is 21.7. The maximum Gasteiger partial charge on any atom is 0.0725 e. The van der Waals surface area contributed by atoms with Crippen molar-refractivity contribution in [3.05, 3.63) is 312 Å². The number of aromatic nitrogens is 1. The van der Waals surface area contributed by atoms with Gasteiger partial charge in [0.15, 0.2) is 0 Å². The Balaban J connectivity index is 0.000000858. The lowest BCUT2D eigenvalue weighted by atomic mass is 9.70. The summed E-state index contributed by atoms with van der Waals surface area (Å²) in [6.07, 6.45) is 5.50. The standard InChI is InChI=1S/C73H50N2.C3H4.2C2H6/c1-47-33-37-54(44-63(47)56-41-36-51(43-48(56)2)64-46-66-61-27-14-18-32-71(61)75(52-21-7-4-8-22-52)72(66)62-28-10-9-23-57(62)64)74(53-38-34-50(35-39-53)49-19-5-3-6-20-49)55-40-42-70-65(45-55)60-26-13-17-31-69(60)73(70)67-29-15-11-24-58(67)59-25-12-16-30-68(59)73;1-2-3-1;2*1-2/h3-46H,1-2H3;1-2H,3H2;2*1-2H3. The first-order chi connectivity index (χ1) is 40.5. The third kappa shape index (κ3) is 8.48. The van der Waals surface area contributed by atoms with Crippen LogP contribution in [0.15, 0.2) is 279 Å². The molecular formula is C80H66N2. The van der Waals surface area contributed by atoms with Gasteiger partial charge in [-0.05, 0) is 175 Å². The van der Waals surface area contributed by atoms with Crippen LogP contribution in [0.5, 0.6) is 0 Å². The van der Waals surface area contributed by atoms with E-state index in [0.29, 0.717) is 0 Å². The molecule has 1 spiro atoms. The lowest BCUT2D eigenvalue weighted by Crippen LogP contribution is -2.25. The number of para-hydroxylation sites is 2. The van der Waals surface area contributed by atoms with Gasteiger partial charge in [0.25, 0.3) is 0 Å². The van der Waals surface area contributed by atoms with Crippen molar-refractivity contribution in [2.75, 3.05) is 4.90 Å². The number of rotatable bonds is 7. The molecular weight excluding hydrogens is 989 g/mol. The summed E-state index contributed by atoms with van der Waals surface area (Å²) < 4.78 is 2.44. The normalized spacial score (nSPS) is 12.5. The van der Waals surface area contributed by atoms with E-state index in [0.717, 1.165) is 17.1 Å². The zero-order valence-electron chi connectivity index (χ0n) is 47.7. The molecule has 82 heavy (non-hydrogen) atoms. The molecule has 0 unspecified atom stereocenters. The van der Waals surface area contributed by atoms with Crippen molar-refractivity contribution in [1.82, 2.24) is 4.57 Å². The molecule has 0 bridgehead atoms. The average molecular weight is 1060 g/mol. The molecule has 0 saturated heterocycles. The number of benzene rings is 12. The molecule has 0 amide bonds. The van der Waals surface area contributed by atoms with E-state index in [-0.39, 0.29) is 0 Å². The van der Waals surface area contributed by atoms with Gasteiger partial charge in [0.1, 0.15) is 0 Å². The quantitative estimate of drug-likeness (QED) is 0.144. The highest BCUT2D eigenvalue weighted by Gasteiger charge is 2.51. The highest BCUT2D eigenvalue weighted by Crippen LogP contribution is 2.63. The van der Waals surface area contributed by atoms with Crippen LogP contribution in [-0.2, 0) is 5.41 Å². The second-order valence-corrected chi connectivity index (χ2v) is 21.2. The van der Waals surface area contributed by atoms with Crippen molar-refractivity contribution in [2.45, 2.75) is 53.4 Å². The van der Waals surface area contributed by atoms with Gasteiger partial charge in [0, 0.05) is 38.9 Å². The summed E-state index contributed by atoms with van der Waals surface area (Å²) in [4.78, 5) is 2.46. The van der Waals surface area contributed by atoms with E-state index in [2.05, 4.69) is 302 Å². The maximum atomic E-state index is 2.46. The smallest absolute Gasteiger partial charge is 0.0725 e. The van der Waals surface area contributed by atoms with Gasteiger partial charge in [-0.25, -0.2) is 0 Å². The monoisotopic (exact) mass is 1050 g/mol. The van der Waals surface area contributed by atoms with Gasteiger partial charge in [0.2, 0.25) is 0 Å². The Morgan fingerprint density at radius 1 is 0.317 bits per heavy atom. The molecule has 0 atom stereocenters. The minimum absolute atomic E-state index is 0.403. The lowest BCUT2D eigenvalue weighted by Gasteiger charge is -2.31.